The average molecular weight is 346 g/mol. The Bertz CT molecular complexity index is 953. The number of aromatic nitrogens is 1. The topological polar surface area (TPSA) is 72.2 Å². The van der Waals surface area contributed by atoms with E-state index in [1.807, 2.05) is 6.92 Å². The van der Waals surface area contributed by atoms with Gasteiger partial charge in [0.1, 0.15) is 17.2 Å². The number of hydrogen-bond acceptors (Lipinski definition) is 4. The number of anilines is 1. The summed E-state index contributed by atoms with van der Waals surface area (Å²) in [7, 11) is -3.83. The van der Waals surface area contributed by atoms with Gasteiger partial charge in [-0.1, -0.05) is 42.4 Å². The summed E-state index contributed by atoms with van der Waals surface area (Å²) >= 11 is 0. The minimum Gasteiger partial charge on any atom is -0.354 e. The van der Waals surface area contributed by atoms with Crippen molar-refractivity contribution in [3.8, 4) is 11.3 Å². The molecule has 124 valence electrons. The van der Waals surface area contributed by atoms with Crippen LogP contribution in [0.1, 0.15) is 12.6 Å². The number of nitrogens with one attached hydrogen (secondary N) is 1. The average Bonchev–Trinajstić information content (AvgIpc) is 2.98. The molecule has 1 heterocycles. The van der Waals surface area contributed by atoms with E-state index in [-0.39, 0.29) is 21.9 Å². The van der Waals surface area contributed by atoms with Gasteiger partial charge in [-0.15, -0.1) is 0 Å². The number of rotatable bonds is 5. The highest BCUT2D eigenvalue weighted by Gasteiger charge is 2.24. The lowest BCUT2D eigenvalue weighted by molar-refractivity contribution is 0.422. The van der Waals surface area contributed by atoms with Gasteiger partial charge in [-0.2, -0.15) is 0 Å². The van der Waals surface area contributed by atoms with E-state index >= 15 is 0 Å². The lowest BCUT2D eigenvalue weighted by Gasteiger charge is -2.09. The van der Waals surface area contributed by atoms with Gasteiger partial charge in [0.05, 0.1) is 10.5 Å². The van der Waals surface area contributed by atoms with Crippen LogP contribution in [0.2, 0.25) is 0 Å². The summed E-state index contributed by atoms with van der Waals surface area (Å²) in [6.45, 7) is 1.81. The highest BCUT2D eigenvalue weighted by molar-refractivity contribution is 7.92. The van der Waals surface area contributed by atoms with Gasteiger partial charge < -0.3 is 4.52 Å². The van der Waals surface area contributed by atoms with Crippen LogP contribution in [0.5, 0.6) is 0 Å². The highest BCUT2D eigenvalue weighted by Crippen LogP contribution is 2.34. The van der Waals surface area contributed by atoms with Crippen LogP contribution in [0.15, 0.2) is 64.0 Å². The van der Waals surface area contributed by atoms with E-state index in [1.165, 1.54) is 24.3 Å². The molecule has 0 aliphatic carbocycles. The van der Waals surface area contributed by atoms with Gasteiger partial charge in [0, 0.05) is 0 Å². The van der Waals surface area contributed by atoms with E-state index in [9.17, 15) is 12.8 Å². The second-order valence-electron chi connectivity index (χ2n) is 5.09. The maximum atomic E-state index is 14.1. The zero-order chi connectivity index (χ0) is 17.2. The Morgan fingerprint density at radius 3 is 2.42 bits per heavy atom. The molecule has 1 N–H and O–H groups in total. The third kappa shape index (κ3) is 3.03. The Labute approximate surface area is 139 Å². The molecule has 0 aliphatic heterocycles. The molecule has 1 aromatic heterocycles. The van der Waals surface area contributed by atoms with Gasteiger partial charge in [-0.05, 0) is 30.7 Å². The molecular weight excluding hydrogens is 331 g/mol. The summed E-state index contributed by atoms with van der Waals surface area (Å²) in [5.74, 6) is -0.457. The molecular formula is C17H15FN2O3S. The first kappa shape index (κ1) is 16.2. The van der Waals surface area contributed by atoms with Crippen LogP contribution in [0.4, 0.5) is 10.1 Å². The van der Waals surface area contributed by atoms with Crippen LogP contribution in [-0.2, 0) is 16.4 Å². The zero-order valence-electron chi connectivity index (χ0n) is 12.9. The molecule has 5 nitrogen and oxygen atoms in total. The second kappa shape index (κ2) is 6.45. The molecule has 0 atom stereocenters. The van der Waals surface area contributed by atoms with Crippen molar-refractivity contribution in [3.05, 3.63) is 66.1 Å². The van der Waals surface area contributed by atoms with Crippen LogP contribution < -0.4 is 4.72 Å². The van der Waals surface area contributed by atoms with Crippen LogP contribution in [0, 0.1) is 5.82 Å². The molecule has 0 unspecified atom stereocenters. The third-order valence-corrected chi connectivity index (χ3v) is 4.87. The van der Waals surface area contributed by atoms with Crippen molar-refractivity contribution in [2.24, 2.45) is 0 Å². The van der Waals surface area contributed by atoms with Crippen LogP contribution in [-0.4, -0.2) is 13.6 Å². The molecule has 0 fully saturated rings. The fraction of sp³-hybridized carbons (Fsp3) is 0.118. The van der Waals surface area contributed by atoms with Crippen molar-refractivity contribution in [2.75, 3.05) is 4.72 Å². The Kier molecular flexibility index (Phi) is 4.35. The summed E-state index contributed by atoms with van der Waals surface area (Å²) in [6, 6.07) is 13.9. The second-order valence-corrected chi connectivity index (χ2v) is 6.77. The molecule has 0 spiro atoms. The highest BCUT2D eigenvalue weighted by atomic mass is 32.2. The molecule has 0 bridgehead atoms. The Hall–Kier alpha value is -2.67. The van der Waals surface area contributed by atoms with E-state index in [2.05, 4.69) is 9.88 Å². The van der Waals surface area contributed by atoms with Gasteiger partial charge >= 0.3 is 0 Å². The van der Waals surface area contributed by atoms with Gasteiger partial charge in [-0.3, -0.25) is 4.72 Å². The van der Waals surface area contributed by atoms with Gasteiger partial charge in [0.25, 0.3) is 10.0 Å². The molecule has 0 saturated carbocycles. The van der Waals surface area contributed by atoms with Gasteiger partial charge in [0.15, 0.2) is 5.76 Å². The van der Waals surface area contributed by atoms with Crippen molar-refractivity contribution < 1.29 is 17.3 Å². The first-order valence-electron chi connectivity index (χ1n) is 7.34. The number of aryl methyl sites for hydroxylation is 1. The van der Waals surface area contributed by atoms with Crippen molar-refractivity contribution in [3.63, 3.8) is 0 Å². The minimum absolute atomic E-state index is 0.0597. The normalized spacial score (nSPS) is 11.4. The quantitative estimate of drug-likeness (QED) is 0.762. The Balaban J connectivity index is 2.08. The van der Waals surface area contributed by atoms with E-state index in [1.54, 1.807) is 30.3 Å². The molecule has 0 aliphatic rings. The number of hydrogen-bond donors (Lipinski definition) is 1. The van der Waals surface area contributed by atoms with E-state index in [4.69, 9.17) is 4.52 Å². The standard InChI is InChI=1S/C17H15FN2O3S/c1-2-15-16(20-24(21,22)12-8-4-3-5-9-12)17(23-19-15)13-10-6-7-11-14(13)18/h3-11,20H,2H2,1H3. The SMILES string of the molecule is CCc1noc(-c2ccccc2F)c1NS(=O)(=O)c1ccccc1. The van der Waals surface area contributed by atoms with E-state index < -0.39 is 15.8 Å². The van der Waals surface area contributed by atoms with Crippen LogP contribution >= 0.6 is 0 Å². The number of benzene rings is 2. The first-order valence-corrected chi connectivity index (χ1v) is 8.82. The summed E-state index contributed by atoms with van der Waals surface area (Å²) < 4.78 is 46.9. The molecule has 2 aromatic carbocycles. The lowest BCUT2D eigenvalue weighted by atomic mass is 10.1. The summed E-state index contributed by atoms with van der Waals surface area (Å²) in [5.41, 5.74) is 0.717. The fourth-order valence-corrected chi connectivity index (χ4v) is 3.40. The number of nitrogens with zero attached hydrogens (tertiary/aromatic N) is 1. The Morgan fingerprint density at radius 1 is 1.08 bits per heavy atom. The molecule has 0 radical (unpaired) electrons. The zero-order valence-corrected chi connectivity index (χ0v) is 13.7. The van der Waals surface area contributed by atoms with Gasteiger partial charge in [0.2, 0.25) is 0 Å². The fourth-order valence-electron chi connectivity index (χ4n) is 2.29. The van der Waals surface area contributed by atoms with E-state index in [0.717, 1.165) is 0 Å². The summed E-state index contributed by atoms with van der Waals surface area (Å²) in [4.78, 5) is 0.104. The van der Waals surface area contributed by atoms with Crippen LogP contribution in [0.25, 0.3) is 11.3 Å². The minimum atomic E-state index is -3.83. The first-order chi connectivity index (χ1) is 11.5. The third-order valence-electron chi connectivity index (χ3n) is 3.51. The summed E-state index contributed by atoms with van der Waals surface area (Å²) in [6.07, 6.45) is 0.435. The Morgan fingerprint density at radius 2 is 1.75 bits per heavy atom. The summed E-state index contributed by atoms with van der Waals surface area (Å²) in [5, 5.41) is 3.86. The molecule has 0 saturated heterocycles. The monoisotopic (exact) mass is 346 g/mol. The molecule has 7 heteroatoms. The smallest absolute Gasteiger partial charge is 0.262 e. The number of halogens is 1. The van der Waals surface area contributed by atoms with E-state index in [0.29, 0.717) is 12.1 Å². The predicted molar refractivity (Wildman–Crippen MR) is 88.5 cm³/mol. The number of sulfonamides is 1. The molecule has 3 rings (SSSR count). The maximum absolute atomic E-state index is 14.1. The van der Waals surface area contributed by atoms with Crippen molar-refractivity contribution in [1.82, 2.24) is 5.16 Å². The maximum Gasteiger partial charge on any atom is 0.262 e. The molecule has 3 aromatic rings. The lowest BCUT2D eigenvalue weighted by Crippen LogP contribution is -2.14. The van der Waals surface area contributed by atoms with Crippen molar-refractivity contribution >= 4 is 15.7 Å². The van der Waals surface area contributed by atoms with Gasteiger partial charge in [-0.25, -0.2) is 12.8 Å². The van der Waals surface area contributed by atoms with Crippen molar-refractivity contribution in [1.29, 1.82) is 0 Å². The van der Waals surface area contributed by atoms with Crippen molar-refractivity contribution in [2.45, 2.75) is 18.2 Å². The molecule has 24 heavy (non-hydrogen) atoms. The van der Waals surface area contributed by atoms with Crippen LogP contribution in [0.3, 0.4) is 0 Å². The largest absolute Gasteiger partial charge is 0.354 e. The predicted octanol–water partition coefficient (Wildman–Crippen LogP) is 3.84. The molecule has 0 amide bonds.